The first-order chi connectivity index (χ1) is 5.42. The standard InChI is InChI=1S/C9H13NO/c10-6-8(7-3-4-7)9-2-1-5-11-9/h7-9H,1-5H2. The van der Waals surface area contributed by atoms with Gasteiger partial charge in [-0.05, 0) is 31.6 Å². The molecule has 2 unspecified atom stereocenters. The molecule has 1 aliphatic carbocycles. The Labute approximate surface area is 67.2 Å². The lowest BCUT2D eigenvalue weighted by Gasteiger charge is -2.14. The Hall–Kier alpha value is -0.550. The summed E-state index contributed by atoms with van der Waals surface area (Å²) in [5.74, 6) is 0.876. The number of hydrogen-bond donors (Lipinski definition) is 0. The molecule has 0 spiro atoms. The van der Waals surface area contributed by atoms with Crippen LogP contribution in [0.5, 0.6) is 0 Å². The fourth-order valence-electron chi connectivity index (χ4n) is 1.83. The highest BCUT2D eigenvalue weighted by molar-refractivity contribution is 4.99. The number of nitriles is 1. The van der Waals surface area contributed by atoms with Crippen molar-refractivity contribution in [1.82, 2.24) is 0 Å². The van der Waals surface area contributed by atoms with Crippen LogP contribution in [0.1, 0.15) is 25.7 Å². The van der Waals surface area contributed by atoms with E-state index >= 15 is 0 Å². The van der Waals surface area contributed by atoms with Gasteiger partial charge in [0.2, 0.25) is 0 Å². The fraction of sp³-hybridized carbons (Fsp3) is 0.889. The molecule has 60 valence electrons. The van der Waals surface area contributed by atoms with Gasteiger partial charge in [0, 0.05) is 6.61 Å². The molecule has 11 heavy (non-hydrogen) atoms. The van der Waals surface area contributed by atoms with Crippen molar-refractivity contribution in [1.29, 1.82) is 5.26 Å². The quantitative estimate of drug-likeness (QED) is 0.602. The van der Waals surface area contributed by atoms with Crippen molar-refractivity contribution in [2.45, 2.75) is 31.8 Å². The summed E-state index contributed by atoms with van der Waals surface area (Å²) in [6.45, 7) is 0.871. The van der Waals surface area contributed by atoms with Crippen LogP contribution in [0.4, 0.5) is 0 Å². The Kier molecular flexibility index (Phi) is 1.83. The number of hydrogen-bond acceptors (Lipinski definition) is 2. The molecule has 2 atom stereocenters. The highest BCUT2D eigenvalue weighted by Crippen LogP contribution is 2.40. The van der Waals surface area contributed by atoms with Crippen LogP contribution in [0.15, 0.2) is 0 Å². The van der Waals surface area contributed by atoms with Gasteiger partial charge >= 0.3 is 0 Å². The highest BCUT2D eigenvalue weighted by Gasteiger charge is 2.38. The molecule has 2 fully saturated rings. The fourth-order valence-corrected chi connectivity index (χ4v) is 1.83. The largest absolute Gasteiger partial charge is 0.377 e. The molecule has 0 aromatic rings. The van der Waals surface area contributed by atoms with Crippen LogP contribution in [0.25, 0.3) is 0 Å². The third-order valence-electron chi connectivity index (χ3n) is 2.64. The summed E-state index contributed by atoms with van der Waals surface area (Å²) in [5, 5.41) is 8.87. The molecule has 0 N–H and O–H groups in total. The molecule has 0 radical (unpaired) electrons. The molecule has 2 nitrogen and oxygen atoms in total. The first kappa shape index (κ1) is 7.12. The summed E-state index contributed by atoms with van der Waals surface area (Å²) in [6, 6.07) is 2.38. The van der Waals surface area contributed by atoms with Crippen molar-refractivity contribution in [3.63, 3.8) is 0 Å². The zero-order chi connectivity index (χ0) is 7.68. The summed E-state index contributed by atoms with van der Waals surface area (Å²) in [5.41, 5.74) is 0. The topological polar surface area (TPSA) is 33.0 Å². The van der Waals surface area contributed by atoms with Gasteiger partial charge in [-0.1, -0.05) is 0 Å². The monoisotopic (exact) mass is 151 g/mol. The Morgan fingerprint density at radius 3 is 2.64 bits per heavy atom. The zero-order valence-electron chi connectivity index (χ0n) is 6.62. The minimum atomic E-state index is 0.206. The molecule has 1 aliphatic heterocycles. The molecular formula is C9H13NO. The number of ether oxygens (including phenoxy) is 1. The van der Waals surface area contributed by atoms with Gasteiger partial charge < -0.3 is 4.74 Å². The minimum Gasteiger partial charge on any atom is -0.377 e. The van der Waals surface area contributed by atoms with Crippen molar-refractivity contribution in [3.8, 4) is 6.07 Å². The normalized spacial score (nSPS) is 33.2. The van der Waals surface area contributed by atoms with Gasteiger partial charge in [0.25, 0.3) is 0 Å². The molecule has 1 heterocycles. The lowest BCUT2D eigenvalue weighted by molar-refractivity contribution is 0.0744. The maximum Gasteiger partial charge on any atom is 0.0753 e. The summed E-state index contributed by atoms with van der Waals surface area (Å²) >= 11 is 0. The second kappa shape index (κ2) is 2.83. The van der Waals surface area contributed by atoms with Gasteiger partial charge in [0.1, 0.15) is 0 Å². The van der Waals surface area contributed by atoms with Crippen LogP contribution < -0.4 is 0 Å². The maximum absolute atomic E-state index is 8.87. The van der Waals surface area contributed by atoms with Crippen LogP contribution >= 0.6 is 0 Å². The zero-order valence-corrected chi connectivity index (χ0v) is 6.62. The lowest BCUT2D eigenvalue weighted by Crippen LogP contribution is -2.19. The van der Waals surface area contributed by atoms with E-state index in [1.807, 2.05) is 0 Å². The van der Waals surface area contributed by atoms with E-state index in [1.165, 1.54) is 12.8 Å². The SMILES string of the molecule is N#CC(C1CC1)C1CCCO1. The molecule has 2 rings (SSSR count). The van der Waals surface area contributed by atoms with E-state index in [4.69, 9.17) is 10.00 Å². The van der Waals surface area contributed by atoms with E-state index in [0.717, 1.165) is 19.4 Å². The van der Waals surface area contributed by atoms with Crippen molar-refractivity contribution < 1.29 is 4.74 Å². The van der Waals surface area contributed by atoms with Crippen molar-refractivity contribution in [2.75, 3.05) is 6.61 Å². The molecule has 1 saturated heterocycles. The average molecular weight is 151 g/mol. The van der Waals surface area contributed by atoms with Crippen LogP contribution in [-0.2, 0) is 4.74 Å². The van der Waals surface area contributed by atoms with Gasteiger partial charge in [-0.15, -0.1) is 0 Å². The van der Waals surface area contributed by atoms with Crippen molar-refractivity contribution in [2.24, 2.45) is 11.8 Å². The Morgan fingerprint density at radius 2 is 2.18 bits per heavy atom. The second-order valence-corrected chi connectivity index (χ2v) is 3.54. The summed E-state index contributed by atoms with van der Waals surface area (Å²) < 4.78 is 5.48. The second-order valence-electron chi connectivity index (χ2n) is 3.54. The van der Waals surface area contributed by atoms with Crippen LogP contribution in [0, 0.1) is 23.2 Å². The van der Waals surface area contributed by atoms with E-state index in [9.17, 15) is 0 Å². The highest BCUT2D eigenvalue weighted by atomic mass is 16.5. The molecule has 0 aromatic heterocycles. The smallest absolute Gasteiger partial charge is 0.0753 e. The summed E-state index contributed by atoms with van der Waals surface area (Å²) in [6.07, 6.45) is 5.02. The summed E-state index contributed by atoms with van der Waals surface area (Å²) in [7, 11) is 0. The Morgan fingerprint density at radius 1 is 1.36 bits per heavy atom. The molecule has 2 aliphatic rings. The van der Waals surface area contributed by atoms with Crippen LogP contribution in [0.3, 0.4) is 0 Å². The average Bonchev–Trinajstić information content (AvgIpc) is 2.68. The van der Waals surface area contributed by atoms with Gasteiger partial charge in [0.05, 0.1) is 18.1 Å². The van der Waals surface area contributed by atoms with E-state index < -0.39 is 0 Å². The molecule has 0 amide bonds. The van der Waals surface area contributed by atoms with Crippen LogP contribution in [-0.4, -0.2) is 12.7 Å². The predicted octanol–water partition coefficient (Wildman–Crippen LogP) is 1.72. The molecule has 2 heteroatoms. The Balaban J connectivity index is 1.94. The molecule has 0 aromatic carbocycles. The van der Waals surface area contributed by atoms with E-state index in [2.05, 4.69) is 6.07 Å². The predicted molar refractivity (Wildman–Crippen MR) is 40.8 cm³/mol. The molecular weight excluding hydrogens is 138 g/mol. The third kappa shape index (κ3) is 1.39. The van der Waals surface area contributed by atoms with Gasteiger partial charge in [-0.25, -0.2) is 0 Å². The number of rotatable bonds is 2. The minimum absolute atomic E-state index is 0.206. The third-order valence-corrected chi connectivity index (χ3v) is 2.64. The molecule has 1 saturated carbocycles. The van der Waals surface area contributed by atoms with Gasteiger partial charge in [0.15, 0.2) is 0 Å². The van der Waals surface area contributed by atoms with Gasteiger partial charge in [-0.2, -0.15) is 5.26 Å². The Bertz CT molecular complexity index is 174. The van der Waals surface area contributed by atoms with E-state index in [0.29, 0.717) is 5.92 Å². The number of nitrogens with zero attached hydrogens (tertiary/aromatic N) is 1. The maximum atomic E-state index is 8.87. The van der Waals surface area contributed by atoms with E-state index in [-0.39, 0.29) is 12.0 Å². The first-order valence-corrected chi connectivity index (χ1v) is 4.43. The molecule has 0 bridgehead atoms. The van der Waals surface area contributed by atoms with Crippen molar-refractivity contribution in [3.05, 3.63) is 0 Å². The first-order valence-electron chi connectivity index (χ1n) is 4.43. The summed E-state index contributed by atoms with van der Waals surface area (Å²) in [4.78, 5) is 0. The lowest BCUT2D eigenvalue weighted by atomic mass is 9.97. The van der Waals surface area contributed by atoms with Crippen molar-refractivity contribution >= 4 is 0 Å². The van der Waals surface area contributed by atoms with Gasteiger partial charge in [-0.3, -0.25) is 0 Å². The van der Waals surface area contributed by atoms with E-state index in [1.54, 1.807) is 0 Å². The van der Waals surface area contributed by atoms with Crippen LogP contribution in [0.2, 0.25) is 0 Å².